The summed E-state index contributed by atoms with van der Waals surface area (Å²) < 4.78 is 30.2. The Balaban J connectivity index is 2.62. The summed E-state index contributed by atoms with van der Waals surface area (Å²) in [5.74, 6) is -0.304. The quantitative estimate of drug-likeness (QED) is 0.656. The molecule has 1 heterocycles. The Hall–Kier alpha value is -1.13. The highest BCUT2D eigenvalue weighted by molar-refractivity contribution is 5.68. The van der Waals surface area contributed by atoms with E-state index in [4.69, 9.17) is 4.74 Å². The Morgan fingerprint density at radius 1 is 1.41 bits per heavy atom. The van der Waals surface area contributed by atoms with Crippen LogP contribution in [0.4, 0.5) is 13.6 Å². The molecule has 0 unspecified atom stereocenters. The highest BCUT2D eigenvalue weighted by Crippen LogP contribution is 2.27. The van der Waals surface area contributed by atoms with Crippen molar-refractivity contribution < 1.29 is 18.3 Å². The average molecular weight is 247 g/mol. The Bertz CT molecular complexity index is 330. The smallest absolute Gasteiger partial charge is 0.410 e. The number of carbonyl (C=O) groups is 1. The zero-order valence-electron chi connectivity index (χ0n) is 10.7. The molecule has 1 amide bonds. The number of amides is 1. The van der Waals surface area contributed by atoms with Crippen molar-refractivity contribution in [3.8, 4) is 0 Å². The average Bonchev–Trinajstić information content (AvgIpc) is 2.14. The molecule has 0 aliphatic carbocycles. The third-order valence-electron chi connectivity index (χ3n) is 2.63. The molecule has 0 aromatic rings. The number of rotatable bonds is 0. The molecule has 98 valence electrons. The fraction of sp³-hybridized carbons (Fsp3) is 0.750. The van der Waals surface area contributed by atoms with Gasteiger partial charge in [0.2, 0.25) is 0 Å². The van der Waals surface area contributed by atoms with Crippen molar-refractivity contribution in [3.05, 3.63) is 11.7 Å². The van der Waals surface area contributed by atoms with Gasteiger partial charge in [-0.25, -0.2) is 4.79 Å². The molecule has 1 atom stereocenters. The molecule has 0 aromatic carbocycles. The summed E-state index contributed by atoms with van der Waals surface area (Å²) in [6.07, 6.45) is -1.81. The van der Waals surface area contributed by atoms with E-state index in [9.17, 15) is 13.6 Å². The van der Waals surface area contributed by atoms with Crippen LogP contribution in [0.25, 0.3) is 0 Å². The lowest BCUT2D eigenvalue weighted by molar-refractivity contribution is 0.0204. The summed E-state index contributed by atoms with van der Waals surface area (Å²) in [6.45, 7) is 7.64. The summed E-state index contributed by atoms with van der Waals surface area (Å²) in [5, 5.41) is 0. The van der Waals surface area contributed by atoms with Crippen LogP contribution >= 0.6 is 0 Å². The fourth-order valence-electron chi connectivity index (χ4n) is 1.81. The van der Waals surface area contributed by atoms with E-state index in [1.807, 2.05) is 0 Å². The number of likely N-dealkylation sites (tertiary alicyclic amines) is 1. The number of nitrogens with zero attached hydrogens (tertiary/aromatic N) is 1. The molecular weight excluding hydrogens is 228 g/mol. The van der Waals surface area contributed by atoms with Gasteiger partial charge in [-0.1, -0.05) is 6.92 Å². The van der Waals surface area contributed by atoms with Gasteiger partial charge in [0, 0.05) is 24.6 Å². The maximum Gasteiger partial charge on any atom is 0.410 e. The minimum Gasteiger partial charge on any atom is -0.444 e. The molecule has 1 rings (SSSR count). The van der Waals surface area contributed by atoms with Crippen LogP contribution in [0, 0.1) is 5.92 Å². The van der Waals surface area contributed by atoms with Crippen molar-refractivity contribution in [1.82, 2.24) is 4.90 Å². The minimum absolute atomic E-state index is 0.157. The number of hydrogen-bond acceptors (Lipinski definition) is 2. The minimum atomic E-state index is -1.61. The van der Waals surface area contributed by atoms with Crippen molar-refractivity contribution in [2.75, 3.05) is 13.1 Å². The lowest BCUT2D eigenvalue weighted by Crippen LogP contribution is -2.43. The first-order valence-electron chi connectivity index (χ1n) is 5.72. The Labute approximate surface area is 100 Å². The second-order valence-corrected chi connectivity index (χ2v) is 5.36. The first kappa shape index (κ1) is 13.9. The van der Waals surface area contributed by atoms with Gasteiger partial charge < -0.3 is 9.64 Å². The van der Waals surface area contributed by atoms with Crippen LogP contribution in [0.2, 0.25) is 0 Å². The maximum atomic E-state index is 12.5. The normalized spacial score (nSPS) is 21.4. The number of hydrogen-bond donors (Lipinski definition) is 0. The van der Waals surface area contributed by atoms with Gasteiger partial charge in [-0.15, -0.1) is 0 Å². The first-order valence-corrected chi connectivity index (χ1v) is 5.72. The Morgan fingerprint density at radius 2 is 2.00 bits per heavy atom. The van der Waals surface area contributed by atoms with E-state index in [1.54, 1.807) is 27.7 Å². The lowest BCUT2D eigenvalue weighted by Gasteiger charge is -2.33. The molecule has 1 aliphatic rings. The SMILES string of the molecule is C[C@@H]1CN(C(=O)OC(C)(C)C)CCC1=C(F)F. The van der Waals surface area contributed by atoms with Gasteiger partial charge in [-0.05, 0) is 27.2 Å². The van der Waals surface area contributed by atoms with Crippen LogP contribution in [-0.4, -0.2) is 29.7 Å². The van der Waals surface area contributed by atoms with E-state index >= 15 is 0 Å². The largest absolute Gasteiger partial charge is 0.444 e. The molecule has 17 heavy (non-hydrogen) atoms. The summed E-state index contributed by atoms with van der Waals surface area (Å²) in [4.78, 5) is 13.2. The van der Waals surface area contributed by atoms with E-state index in [1.165, 1.54) is 4.90 Å². The molecule has 1 aliphatic heterocycles. The van der Waals surface area contributed by atoms with E-state index in [2.05, 4.69) is 0 Å². The summed E-state index contributed by atoms with van der Waals surface area (Å²) in [6, 6.07) is 0. The van der Waals surface area contributed by atoms with Crippen LogP contribution < -0.4 is 0 Å². The van der Waals surface area contributed by atoms with Crippen LogP contribution in [0.1, 0.15) is 34.1 Å². The number of ether oxygens (including phenoxy) is 1. The van der Waals surface area contributed by atoms with Crippen LogP contribution in [0.5, 0.6) is 0 Å². The first-order chi connectivity index (χ1) is 7.70. The number of halogens is 2. The van der Waals surface area contributed by atoms with Crippen molar-refractivity contribution in [3.63, 3.8) is 0 Å². The molecule has 0 saturated carbocycles. The topological polar surface area (TPSA) is 29.5 Å². The van der Waals surface area contributed by atoms with Gasteiger partial charge in [0.05, 0.1) is 0 Å². The molecular formula is C12H19F2NO2. The van der Waals surface area contributed by atoms with Gasteiger partial charge in [-0.3, -0.25) is 0 Å². The number of carbonyl (C=O) groups excluding carboxylic acids is 1. The third-order valence-corrected chi connectivity index (χ3v) is 2.63. The van der Waals surface area contributed by atoms with E-state index in [-0.39, 0.29) is 17.9 Å². The number of piperidine rings is 1. The third kappa shape index (κ3) is 3.98. The summed E-state index contributed by atoms with van der Waals surface area (Å²) in [7, 11) is 0. The second-order valence-electron chi connectivity index (χ2n) is 5.36. The predicted molar refractivity (Wildman–Crippen MR) is 60.8 cm³/mol. The maximum absolute atomic E-state index is 12.5. The molecule has 0 bridgehead atoms. The van der Waals surface area contributed by atoms with Gasteiger partial charge in [0.1, 0.15) is 5.60 Å². The monoisotopic (exact) mass is 247 g/mol. The Morgan fingerprint density at radius 3 is 2.41 bits per heavy atom. The van der Waals surface area contributed by atoms with Gasteiger partial charge in [0.25, 0.3) is 6.08 Å². The highest BCUT2D eigenvalue weighted by Gasteiger charge is 2.29. The van der Waals surface area contributed by atoms with Crippen molar-refractivity contribution in [1.29, 1.82) is 0 Å². The van der Waals surface area contributed by atoms with Gasteiger partial charge in [0.15, 0.2) is 0 Å². The molecule has 5 heteroatoms. The molecule has 3 nitrogen and oxygen atoms in total. The lowest BCUT2D eigenvalue weighted by atomic mass is 9.94. The molecule has 1 fully saturated rings. The second kappa shape index (κ2) is 5.02. The fourth-order valence-corrected chi connectivity index (χ4v) is 1.81. The van der Waals surface area contributed by atoms with Crippen LogP contribution in [0.3, 0.4) is 0 Å². The van der Waals surface area contributed by atoms with E-state index in [0.717, 1.165) is 0 Å². The molecule has 0 spiro atoms. The van der Waals surface area contributed by atoms with E-state index in [0.29, 0.717) is 13.1 Å². The van der Waals surface area contributed by atoms with Crippen molar-refractivity contribution in [2.24, 2.45) is 5.92 Å². The molecule has 0 N–H and O–H groups in total. The molecule has 1 saturated heterocycles. The van der Waals surface area contributed by atoms with Crippen molar-refractivity contribution >= 4 is 6.09 Å². The zero-order chi connectivity index (χ0) is 13.2. The van der Waals surface area contributed by atoms with Gasteiger partial charge >= 0.3 is 6.09 Å². The zero-order valence-corrected chi connectivity index (χ0v) is 10.7. The van der Waals surface area contributed by atoms with Gasteiger partial charge in [-0.2, -0.15) is 8.78 Å². The van der Waals surface area contributed by atoms with Crippen molar-refractivity contribution in [2.45, 2.75) is 39.7 Å². The standard InChI is InChI=1S/C12H19F2NO2/c1-8-7-15(6-5-9(8)10(13)14)11(16)17-12(2,3)4/h8H,5-7H2,1-4H3/t8-/m1/s1. The van der Waals surface area contributed by atoms with E-state index < -0.39 is 17.8 Å². The van der Waals surface area contributed by atoms with Crippen LogP contribution in [-0.2, 0) is 4.74 Å². The molecule has 0 aromatic heterocycles. The van der Waals surface area contributed by atoms with Crippen LogP contribution in [0.15, 0.2) is 11.7 Å². The molecule has 0 radical (unpaired) electrons. The Kier molecular flexibility index (Phi) is 4.11. The predicted octanol–water partition coefficient (Wildman–Crippen LogP) is 3.41. The summed E-state index contributed by atoms with van der Waals surface area (Å²) in [5.41, 5.74) is -0.397. The summed E-state index contributed by atoms with van der Waals surface area (Å²) >= 11 is 0. The highest BCUT2D eigenvalue weighted by atomic mass is 19.3.